The molecular weight excluding hydrogens is 305 g/mol. The quantitative estimate of drug-likeness (QED) is 0.712. The molecule has 0 radical (unpaired) electrons. The zero-order chi connectivity index (χ0) is 16.8. The number of hydrogen-bond acceptors (Lipinski definition) is 4. The molecule has 0 aliphatic heterocycles. The third-order valence-electron chi connectivity index (χ3n) is 2.68. The third-order valence-corrected chi connectivity index (χ3v) is 3.82. The van der Waals surface area contributed by atoms with Gasteiger partial charge in [-0.1, -0.05) is 0 Å². The average molecular weight is 327 g/mol. The molecule has 0 aliphatic rings. The van der Waals surface area contributed by atoms with E-state index in [0.717, 1.165) is 0 Å². The Morgan fingerprint density at radius 1 is 1.32 bits per heavy atom. The van der Waals surface area contributed by atoms with Crippen molar-refractivity contribution in [1.82, 2.24) is 5.32 Å². The lowest BCUT2D eigenvalue weighted by Gasteiger charge is -2.20. The van der Waals surface area contributed by atoms with Gasteiger partial charge in [0.2, 0.25) is 11.8 Å². The summed E-state index contributed by atoms with van der Waals surface area (Å²) in [6.07, 6.45) is 0. The Hall–Kier alpha value is -1.60. The van der Waals surface area contributed by atoms with Gasteiger partial charge in [-0.25, -0.2) is 4.39 Å². The van der Waals surface area contributed by atoms with E-state index < -0.39 is 5.54 Å². The number of rotatable bonds is 7. The maximum atomic E-state index is 12.8. The topological polar surface area (TPSA) is 84.2 Å². The van der Waals surface area contributed by atoms with Crippen LogP contribution in [0.2, 0.25) is 0 Å². The van der Waals surface area contributed by atoms with Crippen molar-refractivity contribution >= 4 is 29.3 Å². The fraction of sp³-hybridized carbons (Fsp3) is 0.467. The summed E-state index contributed by atoms with van der Waals surface area (Å²) in [7, 11) is 0. The van der Waals surface area contributed by atoms with Crippen LogP contribution in [0.3, 0.4) is 0 Å². The predicted molar refractivity (Wildman–Crippen MR) is 88.2 cm³/mol. The molecule has 1 aromatic carbocycles. The van der Waals surface area contributed by atoms with Crippen molar-refractivity contribution in [2.24, 2.45) is 5.73 Å². The van der Waals surface area contributed by atoms with Gasteiger partial charge < -0.3 is 16.4 Å². The molecule has 0 aromatic heterocycles. The van der Waals surface area contributed by atoms with Gasteiger partial charge in [0, 0.05) is 17.8 Å². The molecule has 0 bridgehead atoms. The van der Waals surface area contributed by atoms with E-state index in [1.54, 1.807) is 6.92 Å². The monoisotopic (exact) mass is 327 g/mol. The second-order valence-corrected chi connectivity index (χ2v) is 7.04. The molecule has 7 heteroatoms. The minimum Gasteiger partial charge on any atom is -0.353 e. The molecule has 122 valence electrons. The SMILES string of the molecule is CC(SCC(=O)Nc1ccc(F)cc1)C(=O)NCC(C)(C)N. The highest BCUT2D eigenvalue weighted by Crippen LogP contribution is 2.13. The van der Waals surface area contributed by atoms with Crippen molar-refractivity contribution in [2.75, 3.05) is 17.6 Å². The largest absolute Gasteiger partial charge is 0.353 e. The number of amides is 2. The first-order chi connectivity index (χ1) is 10.2. The van der Waals surface area contributed by atoms with Crippen molar-refractivity contribution in [3.05, 3.63) is 30.1 Å². The van der Waals surface area contributed by atoms with Crippen LogP contribution in [0, 0.1) is 5.82 Å². The Labute approximate surface area is 134 Å². The minimum absolute atomic E-state index is 0.137. The zero-order valence-corrected chi connectivity index (χ0v) is 13.8. The number of carbonyl (C=O) groups is 2. The van der Waals surface area contributed by atoms with Crippen molar-refractivity contribution in [1.29, 1.82) is 0 Å². The van der Waals surface area contributed by atoms with Gasteiger partial charge in [-0.05, 0) is 45.0 Å². The van der Waals surface area contributed by atoms with Gasteiger partial charge in [-0.3, -0.25) is 9.59 Å². The Balaban J connectivity index is 2.33. The average Bonchev–Trinajstić information content (AvgIpc) is 2.44. The maximum absolute atomic E-state index is 12.8. The van der Waals surface area contributed by atoms with Crippen LogP contribution in [0.4, 0.5) is 10.1 Å². The Kier molecular flexibility index (Phi) is 6.83. The molecule has 1 aromatic rings. The molecular formula is C15H22FN3O2S. The summed E-state index contributed by atoms with van der Waals surface area (Å²) >= 11 is 1.23. The second kappa shape index (κ2) is 8.14. The highest BCUT2D eigenvalue weighted by Gasteiger charge is 2.18. The van der Waals surface area contributed by atoms with Gasteiger partial charge in [-0.15, -0.1) is 11.8 Å². The first kappa shape index (κ1) is 18.4. The molecule has 0 saturated carbocycles. The van der Waals surface area contributed by atoms with Crippen LogP contribution in [-0.2, 0) is 9.59 Å². The summed E-state index contributed by atoms with van der Waals surface area (Å²) < 4.78 is 12.8. The number of halogens is 1. The van der Waals surface area contributed by atoms with Gasteiger partial charge in [0.25, 0.3) is 0 Å². The Morgan fingerprint density at radius 3 is 2.45 bits per heavy atom. The maximum Gasteiger partial charge on any atom is 0.234 e. The van der Waals surface area contributed by atoms with E-state index in [1.807, 2.05) is 13.8 Å². The summed E-state index contributed by atoms with van der Waals surface area (Å²) in [5.41, 5.74) is 5.84. The van der Waals surface area contributed by atoms with Gasteiger partial charge in [0.15, 0.2) is 0 Å². The molecule has 1 unspecified atom stereocenters. The molecule has 0 fully saturated rings. The molecule has 22 heavy (non-hydrogen) atoms. The van der Waals surface area contributed by atoms with Crippen LogP contribution in [0.15, 0.2) is 24.3 Å². The zero-order valence-electron chi connectivity index (χ0n) is 13.0. The van der Waals surface area contributed by atoms with E-state index in [-0.39, 0.29) is 28.6 Å². The normalized spacial score (nSPS) is 12.6. The summed E-state index contributed by atoms with van der Waals surface area (Å²) in [6, 6.07) is 5.51. The lowest BCUT2D eigenvalue weighted by atomic mass is 10.1. The second-order valence-electron chi connectivity index (χ2n) is 5.71. The molecule has 5 nitrogen and oxygen atoms in total. The van der Waals surface area contributed by atoms with Gasteiger partial charge in [0.1, 0.15) is 5.82 Å². The summed E-state index contributed by atoms with van der Waals surface area (Å²) in [6.45, 7) is 5.75. The first-order valence-corrected chi connectivity index (χ1v) is 7.96. The summed E-state index contributed by atoms with van der Waals surface area (Å²) in [4.78, 5) is 23.6. The van der Waals surface area contributed by atoms with Gasteiger partial charge in [0.05, 0.1) is 11.0 Å². The van der Waals surface area contributed by atoms with Crippen LogP contribution >= 0.6 is 11.8 Å². The molecule has 0 aliphatic carbocycles. The number of benzene rings is 1. The van der Waals surface area contributed by atoms with Crippen LogP contribution in [-0.4, -0.2) is 34.9 Å². The summed E-state index contributed by atoms with van der Waals surface area (Å²) in [5.74, 6) is -0.619. The van der Waals surface area contributed by atoms with Crippen LogP contribution in [0.25, 0.3) is 0 Å². The van der Waals surface area contributed by atoms with E-state index in [0.29, 0.717) is 12.2 Å². The molecule has 2 amide bonds. The van der Waals surface area contributed by atoms with Crippen LogP contribution in [0.1, 0.15) is 20.8 Å². The van der Waals surface area contributed by atoms with Gasteiger partial charge in [-0.2, -0.15) is 0 Å². The number of hydrogen-bond donors (Lipinski definition) is 3. The van der Waals surface area contributed by atoms with Crippen molar-refractivity contribution in [3.63, 3.8) is 0 Å². The number of carbonyl (C=O) groups excluding carboxylic acids is 2. The molecule has 0 spiro atoms. The number of thioether (sulfide) groups is 1. The lowest BCUT2D eigenvalue weighted by Crippen LogP contribution is -2.46. The van der Waals surface area contributed by atoms with E-state index >= 15 is 0 Å². The van der Waals surface area contributed by atoms with E-state index in [4.69, 9.17) is 5.73 Å². The fourth-order valence-electron chi connectivity index (χ4n) is 1.47. The Morgan fingerprint density at radius 2 is 1.91 bits per heavy atom. The Bertz CT molecular complexity index is 515. The molecule has 0 saturated heterocycles. The smallest absolute Gasteiger partial charge is 0.234 e. The van der Waals surface area contributed by atoms with Crippen molar-refractivity contribution < 1.29 is 14.0 Å². The summed E-state index contributed by atoms with van der Waals surface area (Å²) in [5, 5.41) is 5.03. The van der Waals surface area contributed by atoms with Crippen molar-refractivity contribution in [2.45, 2.75) is 31.6 Å². The van der Waals surface area contributed by atoms with Crippen LogP contribution in [0.5, 0.6) is 0 Å². The highest BCUT2D eigenvalue weighted by atomic mass is 32.2. The lowest BCUT2D eigenvalue weighted by molar-refractivity contribution is -0.120. The third kappa shape index (κ3) is 7.42. The van der Waals surface area contributed by atoms with E-state index in [2.05, 4.69) is 10.6 Å². The highest BCUT2D eigenvalue weighted by molar-refractivity contribution is 8.01. The predicted octanol–water partition coefficient (Wildman–Crippen LogP) is 1.74. The van der Waals surface area contributed by atoms with Gasteiger partial charge >= 0.3 is 0 Å². The molecule has 0 heterocycles. The molecule has 1 atom stereocenters. The van der Waals surface area contributed by atoms with E-state index in [9.17, 15) is 14.0 Å². The van der Waals surface area contributed by atoms with Crippen molar-refractivity contribution in [3.8, 4) is 0 Å². The first-order valence-electron chi connectivity index (χ1n) is 6.91. The number of nitrogens with one attached hydrogen (secondary N) is 2. The molecule has 4 N–H and O–H groups in total. The van der Waals surface area contributed by atoms with Crippen LogP contribution < -0.4 is 16.4 Å². The standard InChI is InChI=1S/C15H22FN3O2S/c1-10(14(21)18-9-15(2,3)17)22-8-13(20)19-12-6-4-11(16)5-7-12/h4-7,10H,8-9,17H2,1-3H3,(H,18,21)(H,19,20). The number of nitrogens with two attached hydrogens (primary N) is 1. The molecule has 1 rings (SSSR count). The number of anilines is 1. The van der Waals surface area contributed by atoms with E-state index in [1.165, 1.54) is 36.0 Å². The fourth-order valence-corrected chi connectivity index (χ4v) is 2.17. The minimum atomic E-state index is -0.472.